The number of carbonyl (C=O) groups excluding carboxylic acids is 6. The summed E-state index contributed by atoms with van der Waals surface area (Å²) in [5, 5.41) is 34.7. The fraction of sp³-hybridized carbons (Fsp3) is 0.152. The molecule has 2 aliphatic carbocycles. The number of anilines is 5. The standard InChI is InChI=1S/C19H16N4O.C16H16N4O3S.C16H14N4O2.C15H14N4O2/c20-14-8-5-12(6-9-14)11-17-18(19(24)23-22-17)16-10-7-13-3-1-2-4-15(13)21-16;1-16(24(17,22)23)8-10(16)14-13(15(21)20-19-14)12-7-6-9-4-2-3-5-11(9)18-12;17-15(21)10-7-9(10)14-13(16(22)20-19-14)12-6-5-8-3-1-2-4-11(8)18-12;16-13(20)8-7-12-14(15(21)19-18-12)11-6-5-9-3-1-2-4-10(9)17-11/h1-10,21H,11,20H2,(H,23,24);2-7,10,18H,8H2,1H3,(H,20,21)(H2,17,22,23);1-6,9-10,18H,7H2,(H2,17,21)(H,20,22);1-6,17H,7-8H2,(H2,16,20)(H,19,21). The van der Waals surface area contributed by atoms with Crippen molar-refractivity contribution in [2.45, 2.75) is 43.8 Å². The number of para-hydroxylation sites is 4. The first-order valence-electron chi connectivity index (χ1n) is 28.9. The third kappa shape index (κ3) is 12.5. The number of nitrogens with zero attached hydrogens (tertiary/aromatic N) is 4. The van der Waals surface area contributed by atoms with E-state index in [2.05, 4.69) is 63.4 Å². The molecule has 0 saturated heterocycles. The van der Waals surface area contributed by atoms with E-state index >= 15 is 0 Å². The Labute approximate surface area is 521 Å². The largest absolute Gasteiger partial charge is 0.399 e. The lowest BCUT2D eigenvalue weighted by Gasteiger charge is -2.18. The first kappa shape index (κ1) is 59.7. The summed E-state index contributed by atoms with van der Waals surface area (Å²) >= 11 is 0. The molecule has 8 aliphatic heterocycles. The first-order valence-corrected chi connectivity index (χ1v) is 30.5. The zero-order valence-corrected chi connectivity index (χ0v) is 49.5. The van der Waals surface area contributed by atoms with Gasteiger partial charge in [0.05, 0.1) is 72.7 Å². The van der Waals surface area contributed by atoms with Crippen molar-refractivity contribution < 1.29 is 37.2 Å². The van der Waals surface area contributed by atoms with Crippen LogP contribution in [0.3, 0.4) is 0 Å². The van der Waals surface area contributed by atoms with E-state index in [4.69, 9.17) is 22.3 Å². The molecule has 6 amide bonds. The minimum absolute atomic E-state index is 0.0636. The number of allylic oxidation sites excluding steroid dienone is 4. The van der Waals surface area contributed by atoms with Gasteiger partial charge in [-0.05, 0) is 108 Å². The van der Waals surface area contributed by atoms with Crippen molar-refractivity contribution >= 4 is 121 Å². The summed E-state index contributed by atoms with van der Waals surface area (Å²) in [5.41, 5.74) is 42.8. The topological polar surface area (TPSA) is 386 Å². The number of hydrogen-bond donors (Lipinski definition) is 12. The monoisotopic (exact) mass is 1240 g/mol. The predicted molar refractivity (Wildman–Crippen MR) is 350 cm³/mol. The highest BCUT2D eigenvalue weighted by Gasteiger charge is 2.63. The Morgan fingerprint density at radius 2 is 0.901 bits per heavy atom. The van der Waals surface area contributed by atoms with Gasteiger partial charge in [-0.1, -0.05) is 109 Å². The van der Waals surface area contributed by atoms with Crippen LogP contribution < -0.4 is 65.3 Å². The van der Waals surface area contributed by atoms with Gasteiger partial charge in [0.25, 0.3) is 23.6 Å². The van der Waals surface area contributed by atoms with Crippen molar-refractivity contribution in [2.24, 2.45) is 54.8 Å². The molecule has 16 N–H and O–H groups in total. The highest BCUT2D eigenvalue weighted by Crippen LogP contribution is 2.52. The van der Waals surface area contributed by atoms with E-state index in [1.165, 1.54) is 0 Å². The average molecular weight is 1240 g/mol. The predicted octanol–water partition coefficient (Wildman–Crippen LogP) is 5.74. The summed E-state index contributed by atoms with van der Waals surface area (Å²) in [6.45, 7) is 1.58. The third-order valence-corrected chi connectivity index (χ3v) is 18.2. The molecule has 24 nitrogen and oxygen atoms in total. The lowest BCUT2D eigenvalue weighted by Crippen LogP contribution is -2.32. The Morgan fingerprint density at radius 3 is 1.32 bits per heavy atom. The van der Waals surface area contributed by atoms with Gasteiger partial charge in [0, 0.05) is 65.5 Å². The Morgan fingerprint density at radius 1 is 0.516 bits per heavy atom. The van der Waals surface area contributed by atoms with Crippen LogP contribution in [0, 0.1) is 17.8 Å². The summed E-state index contributed by atoms with van der Waals surface area (Å²) in [4.78, 5) is 70.8. The third-order valence-electron chi connectivity index (χ3n) is 16.5. The van der Waals surface area contributed by atoms with E-state index in [1.807, 2.05) is 164 Å². The van der Waals surface area contributed by atoms with E-state index in [0.29, 0.717) is 87.9 Å². The number of carbonyl (C=O) groups is 6. The van der Waals surface area contributed by atoms with Crippen molar-refractivity contribution in [1.29, 1.82) is 0 Å². The summed E-state index contributed by atoms with van der Waals surface area (Å²) < 4.78 is 22.5. The normalized spacial score (nSPS) is 24.6. The number of benzene rings is 5. The molecule has 0 radical (unpaired) electrons. The first-order chi connectivity index (χ1) is 43.8. The average Bonchev–Trinajstić information content (AvgIpc) is 1.57. The summed E-state index contributed by atoms with van der Waals surface area (Å²) in [5.74, 6) is -2.49. The number of hydrazone groups is 4. The molecule has 5 aromatic rings. The highest BCUT2D eigenvalue weighted by molar-refractivity contribution is 7.90. The summed E-state index contributed by atoms with van der Waals surface area (Å²) in [6.07, 6.45) is 17.3. The van der Waals surface area contributed by atoms with Crippen molar-refractivity contribution in [1.82, 2.24) is 21.7 Å². The maximum atomic E-state index is 12.3. The minimum atomic E-state index is -3.72. The summed E-state index contributed by atoms with van der Waals surface area (Å²) in [7, 11) is -3.72. The molecule has 8 heterocycles. The van der Waals surface area contributed by atoms with Gasteiger partial charge >= 0.3 is 0 Å². The maximum absolute atomic E-state index is 12.3. The smallest absolute Gasteiger partial charge is 0.275 e. The number of primary amides is 2. The van der Waals surface area contributed by atoms with E-state index in [-0.39, 0.29) is 53.7 Å². The maximum Gasteiger partial charge on any atom is 0.275 e. The molecular formula is C66H60N16O8S. The number of nitrogens with one attached hydrogen (secondary N) is 8. The zero-order chi connectivity index (χ0) is 63.7. The number of nitrogen functional groups attached to an aromatic ring is 1. The quantitative estimate of drug-likeness (QED) is 0.0620. The lowest BCUT2D eigenvalue weighted by molar-refractivity contribution is -0.119. The Bertz CT molecular complexity index is 4510. The number of rotatable bonds is 9. The van der Waals surface area contributed by atoms with E-state index in [0.717, 1.165) is 62.0 Å². The van der Waals surface area contributed by atoms with Gasteiger partial charge < -0.3 is 38.5 Å². The molecule has 91 heavy (non-hydrogen) atoms. The van der Waals surface area contributed by atoms with Crippen molar-refractivity contribution in [3.05, 3.63) is 219 Å². The van der Waals surface area contributed by atoms with Crippen LogP contribution >= 0.6 is 0 Å². The van der Waals surface area contributed by atoms with Gasteiger partial charge in [0.2, 0.25) is 21.8 Å². The number of nitrogens with two attached hydrogens (primary N) is 4. The second-order valence-corrected chi connectivity index (χ2v) is 24.6. The SMILES string of the molecule is CC1(S(N)(=O)=O)CC1C1=NNC(=O)C1=C1C=Cc2ccccc2N1.NC(=O)C1CC1C1=NNC(=O)C1=C1C=Cc2ccccc2N1.NC(=O)CCC1=NNC(=O)C1=C1C=Cc2ccccc2N1.Nc1ccc(CC2=NNC(=O)C2=C2C=Cc3ccccc3N2)cc1. The van der Waals surface area contributed by atoms with Gasteiger partial charge in [0.15, 0.2) is 0 Å². The van der Waals surface area contributed by atoms with E-state index in [1.54, 1.807) is 13.0 Å². The molecule has 25 heteroatoms. The van der Waals surface area contributed by atoms with Gasteiger partial charge in [-0.3, -0.25) is 28.8 Å². The van der Waals surface area contributed by atoms with Crippen LogP contribution in [0.4, 0.5) is 28.4 Å². The van der Waals surface area contributed by atoms with Crippen molar-refractivity contribution in [3.8, 4) is 0 Å². The van der Waals surface area contributed by atoms with Gasteiger partial charge in [0.1, 0.15) is 0 Å². The fourth-order valence-corrected chi connectivity index (χ4v) is 12.2. The Kier molecular flexibility index (Phi) is 16.1. The fourth-order valence-electron chi connectivity index (χ4n) is 11.3. The second kappa shape index (κ2) is 24.5. The molecule has 4 unspecified atom stereocenters. The summed E-state index contributed by atoms with van der Waals surface area (Å²) in [6, 6.07) is 38.9. The van der Waals surface area contributed by atoms with Gasteiger partial charge in [-0.15, -0.1) is 0 Å². The number of sulfonamides is 1. The van der Waals surface area contributed by atoms with Crippen LogP contribution in [0.5, 0.6) is 0 Å². The highest BCUT2D eigenvalue weighted by atomic mass is 32.2. The molecule has 2 fully saturated rings. The number of fused-ring (bicyclic) bond motifs is 4. The molecule has 0 spiro atoms. The number of amides is 6. The van der Waals surface area contributed by atoms with Crippen LogP contribution in [-0.2, 0) is 45.2 Å². The second-order valence-electron chi connectivity index (χ2n) is 22.6. The van der Waals surface area contributed by atoms with Crippen LogP contribution in [0.15, 0.2) is 211 Å². The van der Waals surface area contributed by atoms with Crippen LogP contribution in [0.1, 0.15) is 60.4 Å². The number of hydrogen-bond acceptors (Lipinski definition) is 17. The molecule has 0 aromatic heterocycles. The Hall–Kier alpha value is -11.6. The molecule has 15 rings (SSSR count). The van der Waals surface area contributed by atoms with Gasteiger partial charge in [-0.2, -0.15) is 20.4 Å². The van der Waals surface area contributed by atoms with Gasteiger partial charge in [-0.25, -0.2) is 35.3 Å². The zero-order valence-electron chi connectivity index (χ0n) is 48.7. The molecule has 10 aliphatic rings. The van der Waals surface area contributed by atoms with Crippen LogP contribution in [-0.4, -0.2) is 71.5 Å². The Balaban J connectivity index is 0.000000117. The van der Waals surface area contributed by atoms with Crippen LogP contribution in [0.25, 0.3) is 24.3 Å². The molecule has 4 atom stereocenters. The molecule has 0 bridgehead atoms. The van der Waals surface area contributed by atoms with E-state index < -0.39 is 20.7 Å². The van der Waals surface area contributed by atoms with Crippen molar-refractivity contribution in [3.63, 3.8) is 0 Å². The van der Waals surface area contributed by atoms with Crippen LogP contribution in [0.2, 0.25) is 0 Å². The molecular weight excluding hydrogens is 1180 g/mol. The van der Waals surface area contributed by atoms with Crippen molar-refractivity contribution in [2.75, 3.05) is 27.0 Å². The molecule has 2 saturated carbocycles. The minimum Gasteiger partial charge on any atom is -0.399 e. The number of primary sulfonamides is 1. The molecule has 458 valence electrons. The lowest BCUT2D eigenvalue weighted by atomic mass is 9.98. The molecule has 5 aromatic carbocycles. The van der Waals surface area contributed by atoms with E-state index in [9.17, 15) is 37.2 Å².